The summed E-state index contributed by atoms with van der Waals surface area (Å²) in [5.74, 6) is 0.247. The topological polar surface area (TPSA) is 55.9 Å². The van der Waals surface area contributed by atoms with E-state index in [4.69, 9.17) is 0 Å². The molecular weight excluding hydrogens is 316 g/mol. The van der Waals surface area contributed by atoms with E-state index in [1.54, 1.807) is 4.90 Å². The zero-order valence-electron chi connectivity index (χ0n) is 15.8. The second-order valence-electron chi connectivity index (χ2n) is 7.16. The minimum absolute atomic E-state index is 0.0271. The lowest BCUT2D eigenvalue weighted by atomic mass is 10.1. The van der Waals surface area contributed by atoms with Gasteiger partial charge in [-0.15, -0.1) is 0 Å². The molecule has 1 aromatic carbocycles. The summed E-state index contributed by atoms with van der Waals surface area (Å²) in [5, 5.41) is 3.24. The van der Waals surface area contributed by atoms with Gasteiger partial charge in [-0.1, -0.05) is 19.9 Å². The molecule has 0 unspecified atom stereocenters. The van der Waals surface area contributed by atoms with Crippen LogP contribution in [-0.4, -0.2) is 75.0 Å². The second kappa shape index (κ2) is 8.85. The summed E-state index contributed by atoms with van der Waals surface area (Å²) in [6, 6.07) is 7.55. The number of amides is 2. The van der Waals surface area contributed by atoms with Crippen molar-refractivity contribution in [2.75, 3.05) is 58.3 Å². The Morgan fingerprint density at radius 1 is 1.20 bits per heavy atom. The molecule has 1 aromatic rings. The van der Waals surface area contributed by atoms with E-state index in [1.807, 2.05) is 48.2 Å². The van der Waals surface area contributed by atoms with E-state index in [1.165, 1.54) is 0 Å². The molecule has 1 aliphatic rings. The smallest absolute Gasteiger partial charge is 0.254 e. The summed E-state index contributed by atoms with van der Waals surface area (Å²) in [5.41, 5.74) is 1.60. The summed E-state index contributed by atoms with van der Waals surface area (Å²) < 4.78 is 0. The molecule has 0 saturated carbocycles. The Bertz CT molecular complexity index is 595. The van der Waals surface area contributed by atoms with E-state index in [9.17, 15) is 9.59 Å². The highest BCUT2D eigenvalue weighted by Crippen LogP contribution is 2.16. The highest BCUT2D eigenvalue weighted by molar-refractivity contribution is 5.97. The highest BCUT2D eigenvalue weighted by atomic mass is 16.2. The summed E-state index contributed by atoms with van der Waals surface area (Å²) in [4.78, 5) is 31.1. The van der Waals surface area contributed by atoms with Crippen molar-refractivity contribution >= 4 is 17.5 Å². The number of piperazine rings is 1. The Labute approximate surface area is 150 Å². The zero-order valence-corrected chi connectivity index (χ0v) is 15.8. The van der Waals surface area contributed by atoms with Crippen LogP contribution in [-0.2, 0) is 4.79 Å². The van der Waals surface area contributed by atoms with Gasteiger partial charge in [-0.25, -0.2) is 0 Å². The predicted octanol–water partition coefficient (Wildman–Crippen LogP) is 1.28. The van der Waals surface area contributed by atoms with Gasteiger partial charge in [0.05, 0.1) is 0 Å². The Kier molecular flexibility index (Phi) is 6.82. The summed E-state index contributed by atoms with van der Waals surface area (Å²) >= 11 is 0. The molecule has 0 bridgehead atoms. The van der Waals surface area contributed by atoms with Crippen LogP contribution >= 0.6 is 0 Å². The van der Waals surface area contributed by atoms with Crippen LogP contribution in [0.2, 0.25) is 0 Å². The Morgan fingerprint density at radius 3 is 2.48 bits per heavy atom. The van der Waals surface area contributed by atoms with E-state index in [0.717, 1.165) is 18.8 Å². The summed E-state index contributed by atoms with van der Waals surface area (Å²) in [6.07, 6.45) is 0. The molecule has 0 aromatic heterocycles. The van der Waals surface area contributed by atoms with Crippen molar-refractivity contribution in [2.24, 2.45) is 5.92 Å². The predicted molar refractivity (Wildman–Crippen MR) is 101 cm³/mol. The van der Waals surface area contributed by atoms with Crippen molar-refractivity contribution in [2.45, 2.75) is 13.8 Å². The number of hydrogen-bond acceptors (Lipinski definition) is 4. The molecule has 1 N–H and O–H groups in total. The van der Waals surface area contributed by atoms with Crippen LogP contribution in [0.5, 0.6) is 0 Å². The van der Waals surface area contributed by atoms with Crippen LogP contribution in [0.15, 0.2) is 24.3 Å². The molecule has 1 fully saturated rings. The Hall–Kier alpha value is -2.08. The molecule has 2 amide bonds. The lowest BCUT2D eigenvalue weighted by Crippen LogP contribution is -2.50. The normalized spacial score (nSPS) is 14.5. The van der Waals surface area contributed by atoms with Crippen molar-refractivity contribution in [3.05, 3.63) is 29.8 Å². The molecule has 0 aliphatic carbocycles. The molecular formula is C19H30N4O2. The van der Waals surface area contributed by atoms with Crippen LogP contribution in [0.1, 0.15) is 24.2 Å². The molecule has 6 nitrogen and oxygen atoms in total. The number of benzene rings is 1. The van der Waals surface area contributed by atoms with Crippen molar-refractivity contribution in [1.29, 1.82) is 0 Å². The van der Waals surface area contributed by atoms with Gasteiger partial charge in [0.2, 0.25) is 5.91 Å². The number of nitrogens with zero attached hydrogens (tertiary/aromatic N) is 3. The average molecular weight is 346 g/mol. The van der Waals surface area contributed by atoms with Crippen LogP contribution in [0, 0.1) is 5.92 Å². The maximum Gasteiger partial charge on any atom is 0.254 e. The van der Waals surface area contributed by atoms with Crippen molar-refractivity contribution < 1.29 is 9.59 Å². The molecule has 138 valence electrons. The van der Waals surface area contributed by atoms with Gasteiger partial charge in [-0.3, -0.25) is 9.59 Å². The first-order valence-electron chi connectivity index (χ1n) is 8.93. The van der Waals surface area contributed by atoms with Gasteiger partial charge in [0, 0.05) is 58.1 Å². The molecule has 0 spiro atoms. The molecule has 1 heterocycles. The number of hydrogen-bond donors (Lipinski definition) is 1. The number of rotatable bonds is 6. The van der Waals surface area contributed by atoms with Crippen LogP contribution in [0.3, 0.4) is 0 Å². The molecule has 0 radical (unpaired) electrons. The molecule has 6 heteroatoms. The Morgan fingerprint density at radius 2 is 1.88 bits per heavy atom. The summed E-state index contributed by atoms with van der Waals surface area (Å²) in [7, 11) is 3.90. The first-order chi connectivity index (χ1) is 11.9. The van der Waals surface area contributed by atoms with Gasteiger partial charge in [0.25, 0.3) is 5.91 Å². The maximum atomic E-state index is 13.0. The van der Waals surface area contributed by atoms with Crippen LogP contribution in [0.4, 0.5) is 5.69 Å². The van der Waals surface area contributed by atoms with Crippen molar-refractivity contribution in [1.82, 2.24) is 15.1 Å². The quantitative estimate of drug-likeness (QED) is 0.843. The lowest BCUT2D eigenvalue weighted by molar-refractivity contribution is -0.132. The number of nitrogens with one attached hydrogen (secondary N) is 1. The van der Waals surface area contributed by atoms with Gasteiger partial charge in [-0.05, 0) is 24.1 Å². The van der Waals surface area contributed by atoms with Crippen LogP contribution < -0.4 is 10.2 Å². The van der Waals surface area contributed by atoms with Gasteiger partial charge in [0.1, 0.15) is 6.54 Å². The fourth-order valence-corrected chi connectivity index (χ4v) is 2.94. The molecule has 1 saturated heterocycles. The largest absolute Gasteiger partial charge is 0.378 e. The van der Waals surface area contributed by atoms with Gasteiger partial charge in [0.15, 0.2) is 0 Å². The van der Waals surface area contributed by atoms with E-state index < -0.39 is 0 Å². The first kappa shape index (κ1) is 19.2. The molecule has 2 rings (SSSR count). The standard InChI is InChI=1S/C19H30N4O2/c1-15(2)13-23(14-18(24)22-10-8-20-9-11-22)19(25)16-6-5-7-17(12-16)21(3)4/h5-7,12,15,20H,8-11,13-14H2,1-4H3. The highest BCUT2D eigenvalue weighted by Gasteiger charge is 2.24. The third-order valence-corrected chi connectivity index (χ3v) is 4.28. The number of carbonyl (C=O) groups excluding carboxylic acids is 2. The van der Waals surface area contributed by atoms with Crippen LogP contribution in [0.25, 0.3) is 0 Å². The van der Waals surface area contributed by atoms with E-state index in [0.29, 0.717) is 31.1 Å². The monoisotopic (exact) mass is 346 g/mol. The van der Waals surface area contributed by atoms with Gasteiger partial charge < -0.3 is 20.0 Å². The van der Waals surface area contributed by atoms with E-state index in [-0.39, 0.29) is 18.4 Å². The van der Waals surface area contributed by atoms with Gasteiger partial charge >= 0.3 is 0 Å². The molecule has 1 aliphatic heterocycles. The maximum absolute atomic E-state index is 13.0. The van der Waals surface area contributed by atoms with E-state index >= 15 is 0 Å². The summed E-state index contributed by atoms with van der Waals surface area (Å²) in [6.45, 7) is 7.88. The van der Waals surface area contributed by atoms with Crippen molar-refractivity contribution in [3.63, 3.8) is 0 Å². The first-order valence-corrected chi connectivity index (χ1v) is 8.93. The Balaban J connectivity index is 2.13. The molecule has 0 atom stereocenters. The lowest BCUT2D eigenvalue weighted by Gasteiger charge is -2.31. The zero-order chi connectivity index (χ0) is 18.4. The van der Waals surface area contributed by atoms with Gasteiger partial charge in [-0.2, -0.15) is 0 Å². The third-order valence-electron chi connectivity index (χ3n) is 4.28. The average Bonchev–Trinajstić information content (AvgIpc) is 2.61. The van der Waals surface area contributed by atoms with E-state index in [2.05, 4.69) is 19.2 Å². The SMILES string of the molecule is CC(C)CN(CC(=O)N1CCNCC1)C(=O)c1cccc(N(C)C)c1. The second-order valence-corrected chi connectivity index (χ2v) is 7.16. The fourth-order valence-electron chi connectivity index (χ4n) is 2.94. The minimum atomic E-state index is -0.0825. The number of anilines is 1. The van der Waals surface area contributed by atoms with Crippen molar-refractivity contribution in [3.8, 4) is 0 Å². The minimum Gasteiger partial charge on any atom is -0.378 e. The fraction of sp³-hybridized carbons (Fsp3) is 0.579. The third kappa shape index (κ3) is 5.46. The molecule has 25 heavy (non-hydrogen) atoms. The number of carbonyl (C=O) groups is 2.